The summed E-state index contributed by atoms with van der Waals surface area (Å²) in [7, 11) is 0. The molecule has 1 aliphatic heterocycles. The van der Waals surface area contributed by atoms with E-state index in [1.165, 1.54) is 4.90 Å². The minimum absolute atomic E-state index is 0.316. The second-order valence-electron chi connectivity index (χ2n) is 5.58. The number of urea groups is 1. The van der Waals surface area contributed by atoms with Crippen LogP contribution in [0.25, 0.3) is 0 Å². The van der Waals surface area contributed by atoms with Crippen LogP contribution < -0.4 is 11.1 Å². The van der Waals surface area contributed by atoms with E-state index >= 15 is 0 Å². The monoisotopic (exact) mass is 363 g/mol. The van der Waals surface area contributed by atoms with Crippen LogP contribution in [0.5, 0.6) is 0 Å². The van der Waals surface area contributed by atoms with E-state index < -0.39 is 18.0 Å². The van der Waals surface area contributed by atoms with Crippen LogP contribution in [0.15, 0.2) is 42.5 Å². The van der Waals surface area contributed by atoms with Crippen LogP contribution in [0.4, 0.5) is 10.5 Å². The van der Waals surface area contributed by atoms with Gasteiger partial charge in [-0.2, -0.15) is 0 Å². The molecule has 24 heavy (non-hydrogen) atoms. The molecule has 2 aromatic rings. The van der Waals surface area contributed by atoms with Gasteiger partial charge in [0.05, 0.1) is 10.0 Å². The number of nitrogens with two attached hydrogens (primary N) is 1. The molecule has 0 fully saturated rings. The molecule has 0 aromatic heterocycles. The molecule has 0 unspecified atom stereocenters. The molecule has 2 aromatic carbocycles. The smallest absolute Gasteiger partial charge is 0.322 e. The summed E-state index contributed by atoms with van der Waals surface area (Å²) in [6, 6.07) is 11.4. The average molecular weight is 364 g/mol. The zero-order valence-electron chi connectivity index (χ0n) is 12.6. The molecule has 0 aliphatic carbocycles. The van der Waals surface area contributed by atoms with E-state index in [-0.39, 0.29) is 0 Å². The molecule has 0 bridgehead atoms. The van der Waals surface area contributed by atoms with Gasteiger partial charge in [-0.1, -0.05) is 47.5 Å². The Labute approximate surface area is 149 Å². The fourth-order valence-electron chi connectivity index (χ4n) is 2.76. The van der Waals surface area contributed by atoms with Crippen LogP contribution in [0.3, 0.4) is 0 Å². The largest absolute Gasteiger partial charge is 0.368 e. The summed E-state index contributed by atoms with van der Waals surface area (Å²) < 4.78 is 0. The summed E-state index contributed by atoms with van der Waals surface area (Å²) in [5.74, 6) is -0.534. The van der Waals surface area contributed by atoms with Gasteiger partial charge in [0.25, 0.3) is 0 Å². The first kappa shape index (κ1) is 16.6. The van der Waals surface area contributed by atoms with Crippen molar-refractivity contribution in [3.63, 3.8) is 0 Å². The lowest BCUT2D eigenvalue weighted by atomic mass is 9.94. The summed E-state index contributed by atoms with van der Waals surface area (Å²) in [4.78, 5) is 25.8. The summed E-state index contributed by atoms with van der Waals surface area (Å²) in [5.41, 5.74) is 8.01. The SMILES string of the molecule is NC(=O)[C@@H]1Cc2ccccc2CN1C(=O)Nc1ccc(Cl)c(Cl)c1. The molecule has 1 heterocycles. The molecule has 3 N–H and O–H groups in total. The van der Waals surface area contributed by atoms with E-state index in [4.69, 9.17) is 28.9 Å². The van der Waals surface area contributed by atoms with Crippen molar-refractivity contribution in [2.75, 3.05) is 5.32 Å². The Morgan fingerprint density at radius 2 is 1.79 bits per heavy atom. The highest BCUT2D eigenvalue weighted by Crippen LogP contribution is 2.27. The predicted molar refractivity (Wildman–Crippen MR) is 94.2 cm³/mol. The highest BCUT2D eigenvalue weighted by Gasteiger charge is 2.33. The molecule has 1 atom stereocenters. The summed E-state index contributed by atoms with van der Waals surface area (Å²) in [6.07, 6.45) is 0.403. The van der Waals surface area contributed by atoms with Gasteiger partial charge in [0.15, 0.2) is 0 Å². The van der Waals surface area contributed by atoms with Crippen LogP contribution in [-0.4, -0.2) is 22.9 Å². The van der Waals surface area contributed by atoms with E-state index in [2.05, 4.69) is 5.32 Å². The van der Waals surface area contributed by atoms with Crippen molar-refractivity contribution in [1.29, 1.82) is 0 Å². The quantitative estimate of drug-likeness (QED) is 0.857. The van der Waals surface area contributed by atoms with Crippen LogP contribution in [0.1, 0.15) is 11.1 Å². The first-order valence-electron chi connectivity index (χ1n) is 7.34. The maximum Gasteiger partial charge on any atom is 0.322 e. The predicted octanol–water partition coefficient (Wildman–Crippen LogP) is 3.44. The molecule has 5 nitrogen and oxygen atoms in total. The number of halogens is 2. The Bertz CT molecular complexity index is 810. The lowest BCUT2D eigenvalue weighted by Gasteiger charge is -2.35. The molecule has 7 heteroatoms. The molecule has 3 amide bonds. The topological polar surface area (TPSA) is 75.4 Å². The zero-order chi connectivity index (χ0) is 17.3. The van der Waals surface area contributed by atoms with Gasteiger partial charge in [-0.05, 0) is 29.3 Å². The van der Waals surface area contributed by atoms with Crippen LogP contribution >= 0.6 is 23.2 Å². The Morgan fingerprint density at radius 1 is 1.08 bits per heavy atom. The Hall–Kier alpha value is -2.24. The third-order valence-corrected chi connectivity index (χ3v) is 4.75. The van der Waals surface area contributed by atoms with Gasteiger partial charge in [-0.3, -0.25) is 4.79 Å². The Kier molecular flexibility index (Phi) is 4.64. The molecule has 3 rings (SSSR count). The van der Waals surface area contributed by atoms with Gasteiger partial charge < -0.3 is 16.0 Å². The van der Waals surface area contributed by atoms with Crippen molar-refractivity contribution >= 4 is 40.8 Å². The molecule has 0 saturated carbocycles. The number of hydrogen-bond acceptors (Lipinski definition) is 2. The minimum atomic E-state index is -0.692. The highest BCUT2D eigenvalue weighted by atomic mass is 35.5. The maximum absolute atomic E-state index is 12.6. The number of hydrogen-bond donors (Lipinski definition) is 2. The number of anilines is 1. The molecule has 1 aliphatic rings. The second-order valence-corrected chi connectivity index (χ2v) is 6.39. The fraction of sp³-hybridized carbons (Fsp3) is 0.176. The number of amides is 3. The number of carbonyl (C=O) groups is 2. The molecule has 0 saturated heterocycles. The summed E-state index contributed by atoms with van der Waals surface area (Å²) >= 11 is 11.8. The number of nitrogens with zero attached hydrogens (tertiary/aromatic N) is 1. The van der Waals surface area contributed by atoms with E-state index in [0.29, 0.717) is 28.7 Å². The Balaban J connectivity index is 1.84. The summed E-state index contributed by atoms with van der Waals surface area (Å²) in [5, 5.41) is 3.47. The number of nitrogens with one attached hydrogen (secondary N) is 1. The first-order chi connectivity index (χ1) is 11.5. The molecule has 124 valence electrons. The van der Waals surface area contributed by atoms with Crippen molar-refractivity contribution in [2.24, 2.45) is 5.73 Å². The van der Waals surface area contributed by atoms with Gasteiger partial charge >= 0.3 is 6.03 Å². The van der Waals surface area contributed by atoms with Gasteiger partial charge in [-0.15, -0.1) is 0 Å². The van der Waals surface area contributed by atoms with Gasteiger partial charge in [0.1, 0.15) is 6.04 Å². The zero-order valence-corrected chi connectivity index (χ0v) is 14.1. The molecule has 0 radical (unpaired) electrons. The van der Waals surface area contributed by atoms with Crippen molar-refractivity contribution in [3.05, 3.63) is 63.6 Å². The third kappa shape index (κ3) is 3.32. The van der Waals surface area contributed by atoms with E-state index in [1.54, 1.807) is 18.2 Å². The van der Waals surface area contributed by atoms with Gasteiger partial charge in [0, 0.05) is 18.7 Å². The summed E-state index contributed by atoms with van der Waals surface area (Å²) in [6.45, 7) is 0.316. The maximum atomic E-state index is 12.6. The fourth-order valence-corrected chi connectivity index (χ4v) is 3.06. The normalized spacial score (nSPS) is 16.4. The molecule has 0 spiro atoms. The van der Waals surface area contributed by atoms with E-state index in [9.17, 15) is 9.59 Å². The van der Waals surface area contributed by atoms with Crippen LogP contribution in [0.2, 0.25) is 10.0 Å². The third-order valence-electron chi connectivity index (χ3n) is 4.01. The highest BCUT2D eigenvalue weighted by molar-refractivity contribution is 6.42. The second kappa shape index (κ2) is 6.71. The van der Waals surface area contributed by atoms with Crippen LogP contribution in [0, 0.1) is 0 Å². The van der Waals surface area contributed by atoms with E-state index in [0.717, 1.165) is 11.1 Å². The van der Waals surface area contributed by atoms with Gasteiger partial charge in [0.2, 0.25) is 5.91 Å². The Morgan fingerprint density at radius 3 is 2.46 bits per heavy atom. The van der Waals surface area contributed by atoms with Gasteiger partial charge in [-0.25, -0.2) is 4.79 Å². The standard InChI is InChI=1S/C17H15Cl2N3O2/c18-13-6-5-12(8-14(13)19)21-17(24)22-9-11-4-2-1-3-10(11)7-15(22)16(20)23/h1-6,8,15H,7,9H2,(H2,20,23)(H,21,24)/t15-/m0/s1. The molecular formula is C17H15Cl2N3O2. The number of benzene rings is 2. The average Bonchev–Trinajstić information content (AvgIpc) is 2.57. The molecular weight excluding hydrogens is 349 g/mol. The lowest BCUT2D eigenvalue weighted by molar-refractivity contribution is -0.122. The van der Waals surface area contributed by atoms with Crippen molar-refractivity contribution < 1.29 is 9.59 Å². The number of primary amides is 1. The van der Waals surface area contributed by atoms with Crippen molar-refractivity contribution in [1.82, 2.24) is 4.90 Å². The van der Waals surface area contributed by atoms with Crippen molar-refractivity contribution in [2.45, 2.75) is 19.0 Å². The van der Waals surface area contributed by atoms with Crippen LogP contribution in [-0.2, 0) is 17.8 Å². The first-order valence-corrected chi connectivity index (χ1v) is 8.10. The van der Waals surface area contributed by atoms with Crippen molar-refractivity contribution in [3.8, 4) is 0 Å². The number of rotatable bonds is 2. The van der Waals surface area contributed by atoms with E-state index in [1.807, 2.05) is 24.3 Å². The lowest BCUT2D eigenvalue weighted by Crippen LogP contribution is -2.52. The minimum Gasteiger partial charge on any atom is -0.368 e. The number of carbonyl (C=O) groups excluding carboxylic acids is 2. The number of fused-ring (bicyclic) bond motifs is 1.